The molecule has 1 atom stereocenters. The van der Waals surface area contributed by atoms with Gasteiger partial charge < -0.3 is 14.8 Å². The Labute approximate surface area is 200 Å². The molecule has 0 saturated heterocycles. The molecule has 0 unspecified atom stereocenters. The Morgan fingerprint density at radius 2 is 1.74 bits per heavy atom. The standard InChI is InChI=1S/C26H27F2N3O4/c1-13(2)23-17(11-22(32)24(33)34)16-10-20-14(12-29-31(20)25(35)26(3,4)5)8-21(16)30(23)15-6-7-18(27)19(28)9-15/h6-10,12-13,22,32H,11H2,1-5H3,(H,33,34)/t22-/m1/s1. The molecule has 0 radical (unpaired) electrons. The molecule has 2 N–H and O–H groups in total. The van der Waals surface area contributed by atoms with Gasteiger partial charge in [0.05, 0.1) is 17.2 Å². The molecular formula is C26H27F2N3O4. The Morgan fingerprint density at radius 3 is 2.31 bits per heavy atom. The molecule has 4 rings (SSSR count). The molecule has 184 valence electrons. The van der Waals surface area contributed by atoms with E-state index in [1.165, 1.54) is 10.7 Å². The third-order valence-electron chi connectivity index (χ3n) is 6.03. The van der Waals surface area contributed by atoms with E-state index in [0.29, 0.717) is 38.8 Å². The van der Waals surface area contributed by atoms with E-state index in [-0.39, 0.29) is 18.2 Å². The van der Waals surface area contributed by atoms with Crippen LogP contribution in [-0.2, 0) is 11.2 Å². The van der Waals surface area contributed by atoms with E-state index >= 15 is 0 Å². The van der Waals surface area contributed by atoms with E-state index in [2.05, 4.69) is 5.10 Å². The summed E-state index contributed by atoms with van der Waals surface area (Å²) in [6.45, 7) is 9.14. The lowest BCUT2D eigenvalue weighted by molar-refractivity contribution is -0.146. The van der Waals surface area contributed by atoms with Crippen LogP contribution in [-0.4, -0.2) is 42.5 Å². The summed E-state index contributed by atoms with van der Waals surface area (Å²) < 4.78 is 31.0. The molecule has 0 bridgehead atoms. The first-order valence-electron chi connectivity index (χ1n) is 11.3. The zero-order valence-corrected chi connectivity index (χ0v) is 20.1. The number of carbonyl (C=O) groups excluding carboxylic acids is 1. The van der Waals surface area contributed by atoms with E-state index in [1.54, 1.807) is 43.7 Å². The van der Waals surface area contributed by atoms with Gasteiger partial charge in [0.2, 0.25) is 0 Å². The first-order chi connectivity index (χ1) is 16.3. The third kappa shape index (κ3) is 4.20. The molecule has 0 aliphatic carbocycles. The Bertz CT molecular complexity index is 1480. The number of fused-ring (bicyclic) bond motifs is 2. The SMILES string of the molecule is CC(C)c1c(C[C@@H](O)C(=O)O)c2cc3c(cnn3C(=O)C(C)(C)C)cc2n1-c1ccc(F)c(F)c1. The summed E-state index contributed by atoms with van der Waals surface area (Å²) in [5.74, 6) is -3.76. The van der Waals surface area contributed by atoms with Crippen LogP contribution >= 0.6 is 0 Å². The normalized spacial score (nSPS) is 13.2. The molecular weight excluding hydrogens is 456 g/mol. The maximum absolute atomic E-state index is 14.2. The molecule has 0 aliphatic heterocycles. The molecule has 0 aliphatic rings. The Kier molecular flexibility index (Phi) is 6.00. The van der Waals surface area contributed by atoms with Crippen molar-refractivity contribution in [1.29, 1.82) is 0 Å². The lowest BCUT2D eigenvalue weighted by atomic mass is 9.95. The summed E-state index contributed by atoms with van der Waals surface area (Å²) in [7, 11) is 0. The zero-order chi connectivity index (χ0) is 25.8. The Balaban J connectivity index is 2.11. The van der Waals surface area contributed by atoms with Gasteiger partial charge in [0.25, 0.3) is 5.91 Å². The van der Waals surface area contributed by atoms with Gasteiger partial charge in [0, 0.05) is 40.1 Å². The van der Waals surface area contributed by atoms with E-state index in [0.717, 1.165) is 12.1 Å². The highest BCUT2D eigenvalue weighted by molar-refractivity contribution is 6.02. The second-order valence-corrected chi connectivity index (χ2v) is 10.1. The first-order valence-corrected chi connectivity index (χ1v) is 11.3. The summed E-state index contributed by atoms with van der Waals surface area (Å²) in [4.78, 5) is 24.5. The van der Waals surface area contributed by atoms with Crippen molar-refractivity contribution >= 4 is 33.7 Å². The van der Waals surface area contributed by atoms with Crippen LogP contribution in [0.5, 0.6) is 0 Å². The van der Waals surface area contributed by atoms with Gasteiger partial charge in [-0.2, -0.15) is 9.78 Å². The average Bonchev–Trinajstić information content (AvgIpc) is 3.31. The fraction of sp³-hybridized carbons (Fsp3) is 0.346. The van der Waals surface area contributed by atoms with Gasteiger partial charge in [-0.3, -0.25) is 4.79 Å². The number of aliphatic hydroxyl groups is 1. The van der Waals surface area contributed by atoms with Gasteiger partial charge in [0.1, 0.15) is 0 Å². The summed E-state index contributed by atoms with van der Waals surface area (Å²) in [6, 6.07) is 7.08. The molecule has 2 heterocycles. The van der Waals surface area contributed by atoms with Crippen molar-refractivity contribution in [2.24, 2.45) is 5.41 Å². The van der Waals surface area contributed by atoms with E-state index in [1.807, 2.05) is 13.8 Å². The average molecular weight is 484 g/mol. The van der Waals surface area contributed by atoms with Gasteiger partial charge in [-0.15, -0.1) is 0 Å². The quantitative estimate of drug-likeness (QED) is 0.414. The predicted octanol–water partition coefficient (Wildman–Crippen LogP) is 5.06. The molecule has 0 saturated carbocycles. The summed E-state index contributed by atoms with van der Waals surface area (Å²) in [5, 5.41) is 25.1. The van der Waals surface area contributed by atoms with E-state index < -0.39 is 29.1 Å². The second-order valence-electron chi connectivity index (χ2n) is 10.1. The van der Waals surface area contributed by atoms with Gasteiger partial charge in [-0.1, -0.05) is 34.6 Å². The minimum Gasteiger partial charge on any atom is -0.479 e. The molecule has 4 aromatic rings. The minimum absolute atomic E-state index is 0.165. The van der Waals surface area contributed by atoms with Crippen LogP contribution < -0.4 is 0 Å². The molecule has 0 amide bonds. The molecule has 9 heteroatoms. The number of carbonyl (C=O) groups is 2. The van der Waals surface area contributed by atoms with Crippen molar-refractivity contribution in [2.75, 3.05) is 0 Å². The van der Waals surface area contributed by atoms with Crippen LogP contribution in [0, 0.1) is 17.0 Å². The number of nitrogens with zero attached hydrogens (tertiary/aromatic N) is 3. The fourth-order valence-electron chi connectivity index (χ4n) is 4.38. The number of rotatable bonds is 5. The van der Waals surface area contributed by atoms with Gasteiger partial charge in [0.15, 0.2) is 17.7 Å². The monoisotopic (exact) mass is 483 g/mol. The lowest BCUT2D eigenvalue weighted by Gasteiger charge is -2.16. The molecule has 2 aromatic carbocycles. The van der Waals surface area contributed by atoms with Crippen LogP contribution in [0.15, 0.2) is 36.5 Å². The largest absolute Gasteiger partial charge is 0.479 e. The fourth-order valence-corrected chi connectivity index (χ4v) is 4.38. The number of carboxylic acid groups (broad SMARTS) is 1. The highest BCUT2D eigenvalue weighted by Crippen LogP contribution is 2.38. The van der Waals surface area contributed by atoms with Crippen molar-refractivity contribution in [3.05, 3.63) is 59.4 Å². The molecule has 7 nitrogen and oxygen atoms in total. The van der Waals surface area contributed by atoms with Crippen LogP contribution in [0.1, 0.15) is 56.6 Å². The van der Waals surface area contributed by atoms with Gasteiger partial charge in [-0.25, -0.2) is 13.6 Å². The van der Waals surface area contributed by atoms with Crippen molar-refractivity contribution in [3.63, 3.8) is 0 Å². The Hall–Kier alpha value is -3.59. The number of hydrogen-bond acceptors (Lipinski definition) is 4. The number of benzene rings is 2. The number of aromatic nitrogens is 3. The third-order valence-corrected chi connectivity index (χ3v) is 6.03. The van der Waals surface area contributed by atoms with Crippen molar-refractivity contribution < 1.29 is 28.6 Å². The number of halogens is 2. The van der Waals surface area contributed by atoms with Crippen molar-refractivity contribution in [3.8, 4) is 5.69 Å². The van der Waals surface area contributed by atoms with E-state index in [4.69, 9.17) is 0 Å². The number of aliphatic hydroxyl groups excluding tert-OH is 1. The first kappa shape index (κ1) is 24.5. The van der Waals surface area contributed by atoms with Crippen molar-refractivity contribution in [1.82, 2.24) is 14.3 Å². The zero-order valence-electron chi connectivity index (χ0n) is 20.1. The Morgan fingerprint density at radius 1 is 1.06 bits per heavy atom. The van der Waals surface area contributed by atoms with Gasteiger partial charge >= 0.3 is 5.97 Å². The summed E-state index contributed by atoms with van der Waals surface area (Å²) >= 11 is 0. The van der Waals surface area contributed by atoms with Crippen LogP contribution in [0.2, 0.25) is 0 Å². The maximum atomic E-state index is 14.2. The smallest absolute Gasteiger partial charge is 0.332 e. The molecule has 0 fully saturated rings. The number of hydrogen-bond donors (Lipinski definition) is 2. The topological polar surface area (TPSA) is 97.3 Å². The highest BCUT2D eigenvalue weighted by Gasteiger charge is 2.28. The van der Waals surface area contributed by atoms with Crippen LogP contribution in [0.3, 0.4) is 0 Å². The maximum Gasteiger partial charge on any atom is 0.332 e. The van der Waals surface area contributed by atoms with Gasteiger partial charge in [-0.05, 0) is 35.7 Å². The highest BCUT2D eigenvalue weighted by atomic mass is 19.2. The minimum atomic E-state index is -1.67. The number of carboxylic acids is 1. The second kappa shape index (κ2) is 8.57. The van der Waals surface area contributed by atoms with E-state index in [9.17, 15) is 28.6 Å². The molecule has 35 heavy (non-hydrogen) atoms. The summed E-state index contributed by atoms with van der Waals surface area (Å²) in [5.41, 5.74) is 1.99. The van der Waals surface area contributed by atoms with Crippen LogP contribution in [0.4, 0.5) is 8.78 Å². The number of aliphatic carboxylic acids is 1. The van der Waals surface area contributed by atoms with Crippen molar-refractivity contribution in [2.45, 2.75) is 53.1 Å². The lowest BCUT2D eigenvalue weighted by Crippen LogP contribution is -2.27. The molecule has 2 aromatic heterocycles. The molecule has 0 spiro atoms. The summed E-state index contributed by atoms with van der Waals surface area (Å²) in [6.07, 6.45) is -0.321. The van der Waals surface area contributed by atoms with Crippen LogP contribution in [0.25, 0.3) is 27.5 Å². The predicted molar refractivity (Wildman–Crippen MR) is 128 cm³/mol.